The lowest BCUT2D eigenvalue weighted by molar-refractivity contribution is 0.670. The molecule has 9 aromatic rings. The van der Waals surface area contributed by atoms with Crippen molar-refractivity contribution in [1.82, 2.24) is 0 Å². The Morgan fingerprint density at radius 1 is 0.510 bits per heavy atom. The molecule has 0 fully saturated rings. The highest BCUT2D eigenvalue weighted by Gasteiger charge is 2.19. The molecule has 0 aliphatic rings. The standard InChI is InChI=1S/C47H33N3O/c48-46(50-47(49-30-31-13-3-1-4-14-31)42-29-35-17-7-8-18-36(35)38-19-9-10-20-39(38)42)41-28-27-37(45-44(41)40-21-11-12-22-43(40)51-45)34-25-23-33(24-26-34)32-15-5-2-6-16-32/h1-29H,30H2,(H2,48,49,50). The fourth-order valence-electron chi connectivity index (χ4n) is 7.09. The third kappa shape index (κ3) is 5.63. The molecule has 9 rings (SSSR count). The summed E-state index contributed by atoms with van der Waals surface area (Å²) < 4.78 is 6.60. The maximum atomic E-state index is 7.08. The molecule has 0 aliphatic carbocycles. The summed E-state index contributed by atoms with van der Waals surface area (Å²) in [7, 11) is 0. The first kappa shape index (κ1) is 30.3. The number of furan rings is 1. The quantitative estimate of drug-likeness (QED) is 0.110. The Morgan fingerprint density at radius 3 is 1.90 bits per heavy atom. The molecule has 0 atom stereocenters. The average Bonchev–Trinajstić information content (AvgIpc) is 3.59. The van der Waals surface area contributed by atoms with Gasteiger partial charge in [-0.1, -0.05) is 152 Å². The van der Waals surface area contributed by atoms with Crippen molar-refractivity contribution in [1.29, 1.82) is 0 Å². The van der Waals surface area contributed by atoms with Crippen LogP contribution in [0.4, 0.5) is 0 Å². The highest BCUT2D eigenvalue weighted by molar-refractivity contribution is 6.25. The Kier molecular flexibility index (Phi) is 7.67. The van der Waals surface area contributed by atoms with Crippen LogP contribution in [0, 0.1) is 0 Å². The molecule has 0 aliphatic heterocycles. The molecule has 242 valence electrons. The van der Waals surface area contributed by atoms with Crippen molar-refractivity contribution in [2.75, 3.05) is 0 Å². The lowest BCUT2D eigenvalue weighted by Gasteiger charge is -2.13. The minimum Gasteiger partial charge on any atom is -0.455 e. The van der Waals surface area contributed by atoms with Gasteiger partial charge in [0, 0.05) is 27.5 Å². The van der Waals surface area contributed by atoms with Gasteiger partial charge >= 0.3 is 0 Å². The number of amidine groups is 2. The molecule has 0 bridgehead atoms. The Hall–Kier alpha value is -6.78. The van der Waals surface area contributed by atoms with Crippen LogP contribution >= 0.6 is 0 Å². The van der Waals surface area contributed by atoms with Crippen LogP contribution in [-0.4, -0.2) is 11.7 Å². The van der Waals surface area contributed by atoms with Gasteiger partial charge in [0.15, 0.2) is 5.84 Å². The lowest BCUT2D eigenvalue weighted by Crippen LogP contribution is -2.17. The first-order valence-corrected chi connectivity index (χ1v) is 17.2. The topological polar surface area (TPSA) is 63.9 Å². The van der Waals surface area contributed by atoms with Gasteiger partial charge in [-0.25, -0.2) is 4.99 Å². The molecular formula is C47H33N3O. The normalized spacial score (nSPS) is 12.3. The van der Waals surface area contributed by atoms with Crippen LogP contribution in [0.1, 0.15) is 16.7 Å². The van der Waals surface area contributed by atoms with Gasteiger partial charge in [0.05, 0.1) is 6.54 Å². The second-order valence-electron chi connectivity index (χ2n) is 12.7. The van der Waals surface area contributed by atoms with E-state index in [-0.39, 0.29) is 0 Å². The molecule has 1 heterocycles. The first-order chi connectivity index (χ1) is 25.2. The van der Waals surface area contributed by atoms with Crippen molar-refractivity contribution in [3.8, 4) is 22.3 Å². The van der Waals surface area contributed by atoms with E-state index in [2.05, 4.69) is 133 Å². The number of para-hydroxylation sites is 1. The Morgan fingerprint density at radius 2 is 1.12 bits per heavy atom. The minimum atomic E-state index is 0.376. The minimum absolute atomic E-state index is 0.376. The van der Waals surface area contributed by atoms with Gasteiger partial charge in [0.1, 0.15) is 17.0 Å². The molecule has 2 N–H and O–H groups in total. The maximum absolute atomic E-state index is 7.08. The van der Waals surface area contributed by atoms with Crippen molar-refractivity contribution in [3.05, 3.63) is 193 Å². The second kappa shape index (κ2) is 12.9. The molecule has 4 nitrogen and oxygen atoms in total. The largest absolute Gasteiger partial charge is 0.455 e. The van der Waals surface area contributed by atoms with Crippen molar-refractivity contribution in [3.63, 3.8) is 0 Å². The van der Waals surface area contributed by atoms with E-state index in [1.165, 1.54) is 10.9 Å². The smallest absolute Gasteiger partial charge is 0.157 e. The molecule has 8 aromatic carbocycles. The number of hydrogen-bond donors (Lipinski definition) is 1. The summed E-state index contributed by atoms with van der Waals surface area (Å²) >= 11 is 0. The summed E-state index contributed by atoms with van der Waals surface area (Å²) in [6.45, 7) is 0.468. The first-order valence-electron chi connectivity index (χ1n) is 17.2. The Bertz CT molecular complexity index is 2760. The SMILES string of the molecule is N/C(=N\C(=N/Cc1ccccc1)c1cc2ccccc2c2ccccc12)c1ccc(-c2ccc(-c3ccccc3)cc2)c2oc3ccccc3c12. The van der Waals surface area contributed by atoms with Gasteiger partial charge in [-0.3, -0.25) is 4.99 Å². The Labute approximate surface area is 295 Å². The van der Waals surface area contributed by atoms with Gasteiger partial charge in [-0.15, -0.1) is 0 Å². The Balaban J connectivity index is 1.22. The number of benzene rings is 8. The number of nitrogens with zero attached hydrogens (tertiary/aromatic N) is 2. The van der Waals surface area contributed by atoms with Crippen molar-refractivity contribution < 1.29 is 4.42 Å². The van der Waals surface area contributed by atoms with E-state index >= 15 is 0 Å². The van der Waals surface area contributed by atoms with Crippen LogP contribution in [0.5, 0.6) is 0 Å². The molecule has 0 unspecified atom stereocenters. The molecule has 0 saturated carbocycles. The molecular weight excluding hydrogens is 623 g/mol. The van der Waals surface area contributed by atoms with Crippen LogP contribution in [0.2, 0.25) is 0 Å². The van der Waals surface area contributed by atoms with Gasteiger partial charge < -0.3 is 10.2 Å². The van der Waals surface area contributed by atoms with Crippen LogP contribution in [-0.2, 0) is 6.54 Å². The summed E-state index contributed by atoms with van der Waals surface area (Å²) in [6.07, 6.45) is 0. The number of hydrogen-bond acceptors (Lipinski definition) is 2. The zero-order chi connectivity index (χ0) is 34.1. The van der Waals surface area contributed by atoms with Crippen LogP contribution < -0.4 is 5.73 Å². The van der Waals surface area contributed by atoms with E-state index in [0.717, 1.165) is 71.5 Å². The molecule has 0 saturated heterocycles. The number of aliphatic imine (C=N–C) groups is 2. The van der Waals surface area contributed by atoms with Gasteiger partial charge in [0.2, 0.25) is 0 Å². The lowest BCUT2D eigenvalue weighted by atomic mass is 9.96. The van der Waals surface area contributed by atoms with Crippen LogP contribution in [0.15, 0.2) is 190 Å². The molecule has 0 spiro atoms. The van der Waals surface area contributed by atoms with Crippen molar-refractivity contribution >= 4 is 55.2 Å². The summed E-state index contributed by atoms with van der Waals surface area (Å²) in [6, 6.07) is 60.6. The summed E-state index contributed by atoms with van der Waals surface area (Å²) in [5, 5.41) is 6.46. The van der Waals surface area contributed by atoms with Crippen molar-refractivity contribution in [2.45, 2.75) is 6.54 Å². The predicted molar refractivity (Wildman–Crippen MR) is 213 cm³/mol. The molecule has 0 amide bonds. The number of fused-ring (bicyclic) bond motifs is 6. The molecule has 51 heavy (non-hydrogen) atoms. The zero-order valence-corrected chi connectivity index (χ0v) is 27.8. The van der Waals surface area contributed by atoms with E-state index in [1.807, 2.05) is 42.5 Å². The summed E-state index contributed by atoms with van der Waals surface area (Å²) in [5.41, 5.74) is 15.9. The van der Waals surface area contributed by atoms with Gasteiger partial charge in [-0.05, 0) is 68.1 Å². The van der Waals surface area contributed by atoms with Crippen LogP contribution in [0.25, 0.3) is 65.7 Å². The van der Waals surface area contributed by atoms with Crippen LogP contribution in [0.3, 0.4) is 0 Å². The third-order valence-corrected chi connectivity index (χ3v) is 9.59. The highest BCUT2D eigenvalue weighted by Crippen LogP contribution is 2.39. The predicted octanol–water partition coefficient (Wildman–Crippen LogP) is 11.6. The maximum Gasteiger partial charge on any atom is 0.157 e. The second-order valence-corrected chi connectivity index (χ2v) is 12.7. The molecule has 0 radical (unpaired) electrons. The van der Waals surface area contributed by atoms with Gasteiger partial charge in [-0.2, -0.15) is 0 Å². The third-order valence-electron chi connectivity index (χ3n) is 9.59. The summed E-state index contributed by atoms with van der Waals surface area (Å²) in [5.74, 6) is 0.960. The number of nitrogens with two attached hydrogens (primary N) is 1. The van der Waals surface area contributed by atoms with Crippen molar-refractivity contribution in [2.24, 2.45) is 15.7 Å². The monoisotopic (exact) mass is 655 g/mol. The van der Waals surface area contributed by atoms with E-state index in [9.17, 15) is 0 Å². The highest BCUT2D eigenvalue weighted by atomic mass is 16.3. The van der Waals surface area contributed by atoms with Gasteiger partial charge in [0.25, 0.3) is 0 Å². The summed E-state index contributed by atoms with van der Waals surface area (Å²) in [4.78, 5) is 10.3. The average molecular weight is 656 g/mol. The fourth-order valence-corrected chi connectivity index (χ4v) is 7.09. The number of rotatable bonds is 6. The zero-order valence-electron chi connectivity index (χ0n) is 27.8. The molecule has 1 aromatic heterocycles. The fraction of sp³-hybridized carbons (Fsp3) is 0.0213. The van der Waals surface area contributed by atoms with E-state index in [1.54, 1.807) is 0 Å². The van der Waals surface area contributed by atoms with E-state index < -0.39 is 0 Å². The van der Waals surface area contributed by atoms with E-state index in [4.69, 9.17) is 20.1 Å². The van der Waals surface area contributed by atoms with E-state index in [0.29, 0.717) is 18.2 Å². The molecule has 4 heteroatoms.